The molecule has 0 aromatic heterocycles. The minimum Gasteiger partial charge on any atom is -0.478 e. The van der Waals surface area contributed by atoms with Crippen LogP contribution >= 0.6 is 11.6 Å². The second-order valence-corrected chi connectivity index (χ2v) is 5.42. The van der Waals surface area contributed by atoms with Gasteiger partial charge in [-0.1, -0.05) is 6.07 Å². The number of nitrogens with one attached hydrogen (secondary N) is 1. The number of halogens is 1. The van der Waals surface area contributed by atoms with Gasteiger partial charge < -0.3 is 5.11 Å². The fourth-order valence-electron chi connectivity index (χ4n) is 1.17. The molecule has 0 atom stereocenters. The van der Waals surface area contributed by atoms with E-state index in [0.717, 1.165) is 0 Å². The molecule has 1 aromatic rings. The van der Waals surface area contributed by atoms with Crippen LogP contribution in [0.25, 0.3) is 0 Å². The number of carboxylic acids is 1. The number of benzene rings is 1. The summed E-state index contributed by atoms with van der Waals surface area (Å²) in [7, 11) is -3.62. The maximum atomic E-state index is 11.2. The number of alkyl halides is 1. The van der Waals surface area contributed by atoms with Crippen molar-refractivity contribution in [3.63, 3.8) is 0 Å². The molecule has 0 saturated carbocycles. The molecule has 88 valence electrons. The highest BCUT2D eigenvalue weighted by molar-refractivity contribution is 7.93. The quantitative estimate of drug-likeness (QED) is 0.809. The van der Waals surface area contributed by atoms with Gasteiger partial charge in [-0.15, -0.1) is 11.6 Å². The van der Waals surface area contributed by atoms with E-state index >= 15 is 0 Å². The van der Waals surface area contributed by atoms with Crippen LogP contribution in [0.4, 0.5) is 5.69 Å². The normalized spacial score (nSPS) is 11.1. The van der Waals surface area contributed by atoms with E-state index < -0.39 is 21.2 Å². The lowest BCUT2D eigenvalue weighted by atomic mass is 10.1. The molecule has 0 aliphatic carbocycles. The maximum absolute atomic E-state index is 11.2. The van der Waals surface area contributed by atoms with E-state index in [4.69, 9.17) is 16.7 Å². The van der Waals surface area contributed by atoms with Crippen molar-refractivity contribution in [1.29, 1.82) is 0 Å². The molecule has 0 spiro atoms. The van der Waals surface area contributed by atoms with E-state index in [9.17, 15) is 13.2 Å². The van der Waals surface area contributed by atoms with Crippen molar-refractivity contribution in [3.05, 3.63) is 29.3 Å². The molecular formula is C9H10ClNO4S. The molecule has 0 saturated heterocycles. The van der Waals surface area contributed by atoms with Gasteiger partial charge in [0.15, 0.2) is 0 Å². The monoisotopic (exact) mass is 263 g/mol. The molecule has 0 heterocycles. The zero-order chi connectivity index (χ0) is 12.3. The molecule has 0 aliphatic rings. The van der Waals surface area contributed by atoms with Gasteiger partial charge >= 0.3 is 5.97 Å². The number of anilines is 1. The van der Waals surface area contributed by atoms with Gasteiger partial charge in [0.05, 0.1) is 11.3 Å². The lowest BCUT2D eigenvalue weighted by Crippen LogP contribution is -2.15. The number of carboxylic acid groups (broad SMARTS) is 1. The Balaban J connectivity index is 3.17. The molecule has 0 unspecified atom stereocenters. The van der Waals surface area contributed by atoms with E-state index in [2.05, 4.69) is 4.72 Å². The lowest BCUT2D eigenvalue weighted by molar-refractivity contribution is 0.0696. The van der Waals surface area contributed by atoms with Crippen molar-refractivity contribution in [1.82, 2.24) is 0 Å². The Morgan fingerprint density at radius 2 is 2.12 bits per heavy atom. The van der Waals surface area contributed by atoms with Crippen LogP contribution in [0.15, 0.2) is 18.2 Å². The Kier molecular flexibility index (Phi) is 3.77. The molecule has 1 aromatic carbocycles. The Hall–Kier alpha value is -1.27. The van der Waals surface area contributed by atoms with Crippen molar-refractivity contribution in [3.8, 4) is 0 Å². The molecule has 0 amide bonds. The highest BCUT2D eigenvalue weighted by Crippen LogP contribution is 2.20. The van der Waals surface area contributed by atoms with Crippen LogP contribution in [0.5, 0.6) is 0 Å². The number of rotatable bonds is 4. The van der Waals surface area contributed by atoms with Gasteiger partial charge in [-0.25, -0.2) is 13.2 Å². The van der Waals surface area contributed by atoms with E-state index in [1.165, 1.54) is 25.1 Å². The Labute approximate surface area is 98.1 Å². The Morgan fingerprint density at radius 3 is 2.62 bits per heavy atom. The van der Waals surface area contributed by atoms with Crippen LogP contribution in [0.3, 0.4) is 0 Å². The van der Waals surface area contributed by atoms with Crippen LogP contribution in [0.2, 0.25) is 0 Å². The first kappa shape index (κ1) is 12.8. The molecule has 0 radical (unpaired) electrons. The minimum atomic E-state index is -3.62. The zero-order valence-corrected chi connectivity index (χ0v) is 9.97. The predicted molar refractivity (Wildman–Crippen MR) is 61.4 cm³/mol. The summed E-state index contributed by atoms with van der Waals surface area (Å²) in [4.78, 5) is 10.8. The summed E-state index contributed by atoms with van der Waals surface area (Å²) >= 11 is 5.23. The van der Waals surface area contributed by atoms with Crippen molar-refractivity contribution >= 4 is 33.3 Å². The average Bonchev–Trinajstić information content (AvgIpc) is 2.20. The van der Waals surface area contributed by atoms with Gasteiger partial charge in [0, 0.05) is 0 Å². The largest absolute Gasteiger partial charge is 0.478 e. The fourth-order valence-corrected chi connectivity index (χ4v) is 1.95. The molecule has 7 heteroatoms. The summed E-state index contributed by atoms with van der Waals surface area (Å²) in [6, 6.07) is 4.34. The van der Waals surface area contributed by atoms with Crippen molar-refractivity contribution < 1.29 is 18.3 Å². The second-order valence-electron chi connectivity index (χ2n) is 3.11. The van der Waals surface area contributed by atoms with E-state index in [1.54, 1.807) is 0 Å². The van der Waals surface area contributed by atoms with Crippen LogP contribution in [-0.2, 0) is 10.0 Å². The summed E-state index contributed by atoms with van der Waals surface area (Å²) in [6.45, 7) is 1.52. The van der Waals surface area contributed by atoms with Gasteiger partial charge in [-0.3, -0.25) is 4.72 Å². The summed E-state index contributed by atoms with van der Waals surface area (Å²) in [5.41, 5.74) is 0.624. The first-order valence-electron chi connectivity index (χ1n) is 4.27. The molecule has 16 heavy (non-hydrogen) atoms. The smallest absolute Gasteiger partial charge is 0.336 e. The fraction of sp³-hybridized carbons (Fsp3) is 0.222. The standard InChI is InChI=1S/C9H10ClNO4S/c1-6-7(9(12)13)3-2-4-8(6)11-16(14,15)5-10/h2-4,11H,5H2,1H3,(H,12,13). The number of sulfonamides is 1. The van der Waals surface area contributed by atoms with Crippen LogP contribution in [0, 0.1) is 6.92 Å². The van der Waals surface area contributed by atoms with Gasteiger partial charge in [-0.2, -0.15) is 0 Å². The average molecular weight is 264 g/mol. The molecule has 0 bridgehead atoms. The molecule has 5 nitrogen and oxygen atoms in total. The second kappa shape index (κ2) is 4.71. The number of carbonyl (C=O) groups is 1. The summed E-state index contributed by atoms with van der Waals surface area (Å²) in [5.74, 6) is -1.11. The maximum Gasteiger partial charge on any atom is 0.336 e. The lowest BCUT2D eigenvalue weighted by Gasteiger charge is -2.10. The number of hydrogen-bond donors (Lipinski definition) is 2. The topological polar surface area (TPSA) is 83.5 Å². The first-order valence-corrected chi connectivity index (χ1v) is 6.45. The molecular weight excluding hydrogens is 254 g/mol. The van der Waals surface area contributed by atoms with Crippen molar-refractivity contribution in [2.24, 2.45) is 0 Å². The molecule has 0 fully saturated rings. The van der Waals surface area contributed by atoms with Crippen molar-refractivity contribution in [2.45, 2.75) is 6.92 Å². The minimum absolute atomic E-state index is 0.0507. The highest BCUT2D eigenvalue weighted by Gasteiger charge is 2.14. The van der Waals surface area contributed by atoms with Gasteiger partial charge in [0.25, 0.3) is 0 Å². The third kappa shape index (κ3) is 2.86. The molecule has 1 rings (SSSR count). The summed E-state index contributed by atoms with van der Waals surface area (Å²) < 4.78 is 24.6. The van der Waals surface area contributed by atoms with Crippen molar-refractivity contribution in [2.75, 3.05) is 9.93 Å². The van der Waals surface area contributed by atoms with Crippen LogP contribution < -0.4 is 4.72 Å². The van der Waals surface area contributed by atoms with Crippen LogP contribution in [0.1, 0.15) is 15.9 Å². The van der Waals surface area contributed by atoms with E-state index in [-0.39, 0.29) is 11.3 Å². The SMILES string of the molecule is Cc1c(NS(=O)(=O)CCl)cccc1C(=O)O. The highest BCUT2D eigenvalue weighted by atomic mass is 35.5. The van der Waals surface area contributed by atoms with Gasteiger partial charge in [0.1, 0.15) is 5.21 Å². The number of hydrogen-bond acceptors (Lipinski definition) is 3. The molecule has 2 N–H and O–H groups in total. The third-order valence-corrected chi connectivity index (χ3v) is 3.65. The van der Waals surface area contributed by atoms with Crippen LogP contribution in [-0.4, -0.2) is 24.7 Å². The van der Waals surface area contributed by atoms with E-state index in [1.807, 2.05) is 0 Å². The number of aromatic carboxylic acids is 1. The summed E-state index contributed by atoms with van der Waals surface area (Å²) in [5, 5.41) is 8.26. The summed E-state index contributed by atoms with van der Waals surface area (Å²) in [6.07, 6.45) is 0. The van der Waals surface area contributed by atoms with Gasteiger partial charge in [0.2, 0.25) is 10.0 Å². The molecule has 0 aliphatic heterocycles. The van der Waals surface area contributed by atoms with Gasteiger partial charge in [-0.05, 0) is 24.6 Å². The third-order valence-electron chi connectivity index (χ3n) is 1.97. The Bertz CT molecular complexity index is 512. The Morgan fingerprint density at radius 1 is 1.50 bits per heavy atom. The predicted octanol–water partition coefficient (Wildman–Crippen LogP) is 1.63. The first-order chi connectivity index (χ1) is 7.37. The van der Waals surface area contributed by atoms with E-state index in [0.29, 0.717) is 5.56 Å². The zero-order valence-electron chi connectivity index (χ0n) is 8.40.